The van der Waals surface area contributed by atoms with Crippen LogP contribution in [-0.4, -0.2) is 23.5 Å². The summed E-state index contributed by atoms with van der Waals surface area (Å²) in [4.78, 5) is 15.9. The van der Waals surface area contributed by atoms with Gasteiger partial charge in [-0.1, -0.05) is 6.07 Å². The molecule has 1 aromatic heterocycles. The van der Waals surface area contributed by atoms with Crippen molar-refractivity contribution in [2.45, 2.75) is 38.3 Å². The van der Waals surface area contributed by atoms with E-state index >= 15 is 0 Å². The lowest BCUT2D eigenvalue weighted by atomic mass is 10.1. The molecule has 2 rings (SSSR count). The number of nitrogens with one attached hydrogen (secondary N) is 2. The molecule has 1 unspecified atom stereocenters. The van der Waals surface area contributed by atoms with Gasteiger partial charge < -0.3 is 5.32 Å². The molecule has 1 aromatic rings. The Labute approximate surface area is 102 Å². The van der Waals surface area contributed by atoms with E-state index in [9.17, 15) is 4.79 Å². The summed E-state index contributed by atoms with van der Waals surface area (Å²) >= 11 is 0. The van der Waals surface area contributed by atoms with Gasteiger partial charge in [-0.15, -0.1) is 0 Å². The fourth-order valence-corrected chi connectivity index (χ4v) is 2.13. The van der Waals surface area contributed by atoms with E-state index in [4.69, 9.17) is 0 Å². The van der Waals surface area contributed by atoms with Crippen LogP contribution in [0.5, 0.6) is 0 Å². The van der Waals surface area contributed by atoms with Gasteiger partial charge in [0.15, 0.2) is 0 Å². The standard InChI is InChI=1S/C13H19N3O/c1-10(11-5-4-7-14-9-11)16-12-6-2-3-8-15-13(12)17/h4-5,7,9-10,12,16H,2-3,6,8H2,1H3,(H,15,17)/t10-,12?/m1/s1. The summed E-state index contributed by atoms with van der Waals surface area (Å²) in [5, 5.41) is 6.31. The van der Waals surface area contributed by atoms with Gasteiger partial charge in [0.25, 0.3) is 0 Å². The molecule has 0 aliphatic carbocycles. The van der Waals surface area contributed by atoms with Crippen LogP contribution in [0.4, 0.5) is 0 Å². The zero-order valence-electron chi connectivity index (χ0n) is 10.1. The second-order valence-corrected chi connectivity index (χ2v) is 4.51. The van der Waals surface area contributed by atoms with Crippen molar-refractivity contribution < 1.29 is 4.79 Å². The topological polar surface area (TPSA) is 54.0 Å². The molecule has 0 saturated carbocycles. The second kappa shape index (κ2) is 5.77. The average molecular weight is 233 g/mol. The third-order valence-electron chi connectivity index (χ3n) is 3.17. The molecule has 4 heteroatoms. The van der Waals surface area contributed by atoms with E-state index < -0.39 is 0 Å². The molecule has 17 heavy (non-hydrogen) atoms. The maximum atomic E-state index is 11.8. The Morgan fingerprint density at radius 1 is 1.53 bits per heavy atom. The van der Waals surface area contributed by atoms with Gasteiger partial charge >= 0.3 is 0 Å². The van der Waals surface area contributed by atoms with E-state index in [1.807, 2.05) is 18.3 Å². The monoisotopic (exact) mass is 233 g/mol. The molecule has 1 aliphatic heterocycles. The van der Waals surface area contributed by atoms with E-state index in [-0.39, 0.29) is 18.0 Å². The number of hydrogen-bond donors (Lipinski definition) is 2. The fourth-order valence-electron chi connectivity index (χ4n) is 2.13. The summed E-state index contributed by atoms with van der Waals surface area (Å²) in [5.41, 5.74) is 1.12. The van der Waals surface area contributed by atoms with Crippen molar-refractivity contribution in [3.63, 3.8) is 0 Å². The highest BCUT2D eigenvalue weighted by molar-refractivity contribution is 5.81. The molecule has 2 heterocycles. The van der Waals surface area contributed by atoms with Crippen LogP contribution < -0.4 is 10.6 Å². The summed E-state index contributed by atoms with van der Waals surface area (Å²) in [6, 6.07) is 4.02. The minimum Gasteiger partial charge on any atom is -0.355 e. The maximum Gasteiger partial charge on any atom is 0.237 e. The van der Waals surface area contributed by atoms with E-state index in [0.717, 1.165) is 31.4 Å². The van der Waals surface area contributed by atoms with Crippen molar-refractivity contribution in [1.82, 2.24) is 15.6 Å². The number of aromatic nitrogens is 1. The van der Waals surface area contributed by atoms with Crippen LogP contribution in [-0.2, 0) is 4.79 Å². The predicted molar refractivity (Wildman–Crippen MR) is 66.4 cm³/mol. The molecule has 1 fully saturated rings. The lowest BCUT2D eigenvalue weighted by molar-refractivity contribution is -0.123. The third-order valence-corrected chi connectivity index (χ3v) is 3.17. The third kappa shape index (κ3) is 3.27. The van der Waals surface area contributed by atoms with Crippen LogP contribution in [0.2, 0.25) is 0 Å². The minimum absolute atomic E-state index is 0.0762. The number of carbonyl (C=O) groups excluding carboxylic acids is 1. The Kier molecular flexibility index (Phi) is 4.09. The Morgan fingerprint density at radius 2 is 2.41 bits per heavy atom. The van der Waals surface area contributed by atoms with Crippen molar-refractivity contribution in [3.8, 4) is 0 Å². The Balaban J connectivity index is 1.97. The summed E-state index contributed by atoms with van der Waals surface area (Å²) < 4.78 is 0. The number of amides is 1. The van der Waals surface area contributed by atoms with Crippen LogP contribution in [0.1, 0.15) is 37.8 Å². The summed E-state index contributed by atoms with van der Waals surface area (Å²) in [6.07, 6.45) is 6.68. The lowest BCUT2D eigenvalue weighted by Crippen LogP contribution is -2.43. The normalized spacial score (nSPS) is 22.6. The highest BCUT2D eigenvalue weighted by atomic mass is 16.2. The van der Waals surface area contributed by atoms with Crippen molar-refractivity contribution in [2.75, 3.05) is 6.54 Å². The highest BCUT2D eigenvalue weighted by Crippen LogP contribution is 2.14. The summed E-state index contributed by atoms with van der Waals surface area (Å²) in [6.45, 7) is 2.87. The largest absolute Gasteiger partial charge is 0.355 e. The molecule has 0 radical (unpaired) electrons. The van der Waals surface area contributed by atoms with Crippen molar-refractivity contribution in [3.05, 3.63) is 30.1 Å². The molecule has 4 nitrogen and oxygen atoms in total. The Bertz CT molecular complexity index is 366. The van der Waals surface area contributed by atoms with Crippen LogP contribution in [0.25, 0.3) is 0 Å². The first-order valence-corrected chi connectivity index (χ1v) is 6.21. The Hall–Kier alpha value is -1.42. The number of nitrogens with zero attached hydrogens (tertiary/aromatic N) is 1. The maximum absolute atomic E-state index is 11.8. The van der Waals surface area contributed by atoms with E-state index in [2.05, 4.69) is 22.5 Å². The van der Waals surface area contributed by atoms with E-state index in [0.29, 0.717) is 0 Å². The molecule has 1 amide bonds. The van der Waals surface area contributed by atoms with Gasteiger partial charge in [-0.3, -0.25) is 15.1 Å². The molecule has 0 aromatic carbocycles. The quantitative estimate of drug-likeness (QED) is 0.829. The molecule has 92 valence electrons. The van der Waals surface area contributed by atoms with E-state index in [1.54, 1.807) is 6.20 Å². The molecule has 1 aliphatic rings. The first-order chi connectivity index (χ1) is 8.27. The molecular formula is C13H19N3O. The number of hydrogen-bond acceptors (Lipinski definition) is 3. The van der Waals surface area contributed by atoms with Gasteiger partial charge in [-0.05, 0) is 37.8 Å². The molecule has 2 atom stereocenters. The average Bonchev–Trinajstić information content (AvgIpc) is 2.56. The number of pyridine rings is 1. The summed E-state index contributed by atoms with van der Waals surface area (Å²) in [5.74, 6) is 0.123. The van der Waals surface area contributed by atoms with Crippen molar-refractivity contribution in [2.24, 2.45) is 0 Å². The van der Waals surface area contributed by atoms with Crippen molar-refractivity contribution >= 4 is 5.91 Å². The van der Waals surface area contributed by atoms with Gasteiger partial charge in [-0.2, -0.15) is 0 Å². The molecule has 1 saturated heterocycles. The SMILES string of the molecule is C[C@@H](NC1CCCCNC1=O)c1cccnc1. The molecular weight excluding hydrogens is 214 g/mol. The summed E-state index contributed by atoms with van der Waals surface area (Å²) in [7, 11) is 0. The fraction of sp³-hybridized carbons (Fsp3) is 0.538. The number of carbonyl (C=O) groups is 1. The minimum atomic E-state index is -0.0762. The molecule has 0 bridgehead atoms. The molecule has 0 spiro atoms. The number of rotatable bonds is 3. The van der Waals surface area contributed by atoms with Gasteiger partial charge in [0, 0.05) is 25.0 Å². The van der Waals surface area contributed by atoms with Crippen LogP contribution in [0, 0.1) is 0 Å². The Morgan fingerprint density at radius 3 is 3.18 bits per heavy atom. The zero-order chi connectivity index (χ0) is 12.1. The van der Waals surface area contributed by atoms with Crippen LogP contribution in [0.15, 0.2) is 24.5 Å². The molecule has 2 N–H and O–H groups in total. The van der Waals surface area contributed by atoms with Gasteiger partial charge in [0.1, 0.15) is 0 Å². The lowest BCUT2D eigenvalue weighted by Gasteiger charge is -2.20. The van der Waals surface area contributed by atoms with E-state index in [1.165, 1.54) is 0 Å². The first kappa shape index (κ1) is 12.0. The smallest absolute Gasteiger partial charge is 0.237 e. The van der Waals surface area contributed by atoms with Gasteiger partial charge in [-0.25, -0.2) is 0 Å². The van der Waals surface area contributed by atoms with Gasteiger partial charge in [0.05, 0.1) is 6.04 Å². The van der Waals surface area contributed by atoms with Crippen LogP contribution in [0.3, 0.4) is 0 Å². The zero-order valence-corrected chi connectivity index (χ0v) is 10.1. The first-order valence-electron chi connectivity index (χ1n) is 6.21. The van der Waals surface area contributed by atoms with Crippen molar-refractivity contribution in [1.29, 1.82) is 0 Å². The second-order valence-electron chi connectivity index (χ2n) is 4.51. The van der Waals surface area contributed by atoms with Crippen LogP contribution >= 0.6 is 0 Å². The highest BCUT2D eigenvalue weighted by Gasteiger charge is 2.22. The van der Waals surface area contributed by atoms with Gasteiger partial charge in [0.2, 0.25) is 5.91 Å². The predicted octanol–water partition coefficient (Wildman–Crippen LogP) is 1.40.